The van der Waals surface area contributed by atoms with Gasteiger partial charge in [0.05, 0.1) is 0 Å². The van der Waals surface area contributed by atoms with E-state index in [0.29, 0.717) is 19.6 Å². The second-order valence-electron chi connectivity index (χ2n) is 7.90. The molecular formula is C18H24FN3O3S. The number of amides is 2. The van der Waals surface area contributed by atoms with Crippen LogP contribution in [-0.2, 0) is 10.0 Å². The average molecular weight is 381 g/mol. The Morgan fingerprint density at radius 2 is 1.92 bits per heavy atom. The van der Waals surface area contributed by atoms with Crippen LogP contribution in [0.25, 0.3) is 0 Å². The highest BCUT2D eigenvalue weighted by Gasteiger charge is 2.58. The molecule has 8 heteroatoms. The molecule has 0 aromatic heterocycles. The van der Waals surface area contributed by atoms with Gasteiger partial charge in [-0.25, -0.2) is 17.6 Å². The number of hydrogen-bond donors (Lipinski definition) is 1. The minimum absolute atomic E-state index is 0.00925. The lowest BCUT2D eigenvalue weighted by Crippen LogP contribution is -2.69. The lowest BCUT2D eigenvalue weighted by molar-refractivity contribution is -0.0701. The maximum absolute atomic E-state index is 13.9. The standard InChI is InChI=1S/C18H24FN3O3S/c1-13-5-4-8-20-17(23)22(13)14-9-18(10-14)11-21(12-18)26(24,25)16-7-3-2-6-15(16)19/h2-3,6-7,13-14H,4-5,8-12H2,1H3,(H,20,23). The molecule has 2 heterocycles. The lowest BCUT2D eigenvalue weighted by Gasteiger charge is -2.60. The van der Waals surface area contributed by atoms with Crippen molar-refractivity contribution in [2.24, 2.45) is 5.41 Å². The Morgan fingerprint density at radius 1 is 1.23 bits per heavy atom. The van der Waals surface area contributed by atoms with E-state index in [0.717, 1.165) is 25.7 Å². The van der Waals surface area contributed by atoms with Gasteiger partial charge in [-0.15, -0.1) is 0 Å². The van der Waals surface area contributed by atoms with E-state index in [9.17, 15) is 17.6 Å². The zero-order valence-electron chi connectivity index (χ0n) is 14.8. The Balaban J connectivity index is 1.40. The summed E-state index contributed by atoms with van der Waals surface area (Å²) in [5, 5.41) is 2.94. The van der Waals surface area contributed by atoms with Crippen molar-refractivity contribution in [2.45, 2.75) is 49.6 Å². The summed E-state index contributed by atoms with van der Waals surface area (Å²) in [6.45, 7) is 3.60. The number of sulfonamides is 1. The molecule has 1 spiro atoms. The molecule has 1 saturated carbocycles. The van der Waals surface area contributed by atoms with E-state index >= 15 is 0 Å². The third-order valence-electron chi connectivity index (χ3n) is 5.99. The van der Waals surface area contributed by atoms with E-state index in [2.05, 4.69) is 12.2 Å². The maximum Gasteiger partial charge on any atom is 0.317 e. The fraction of sp³-hybridized carbons (Fsp3) is 0.611. The summed E-state index contributed by atoms with van der Waals surface area (Å²) in [6, 6.07) is 5.86. The fourth-order valence-corrected chi connectivity index (χ4v) is 6.34. The first kappa shape index (κ1) is 17.7. The molecule has 0 bridgehead atoms. The van der Waals surface area contributed by atoms with E-state index in [-0.39, 0.29) is 28.4 Å². The normalized spacial score (nSPS) is 26.8. The van der Waals surface area contributed by atoms with Crippen molar-refractivity contribution in [1.29, 1.82) is 0 Å². The monoisotopic (exact) mass is 381 g/mol. The first-order valence-electron chi connectivity index (χ1n) is 9.13. The van der Waals surface area contributed by atoms with Gasteiger partial charge < -0.3 is 10.2 Å². The Labute approximate surface area is 153 Å². The molecule has 2 amide bonds. The van der Waals surface area contributed by atoms with Gasteiger partial charge in [0, 0.05) is 37.1 Å². The maximum atomic E-state index is 13.9. The third kappa shape index (κ3) is 2.79. The van der Waals surface area contributed by atoms with Crippen LogP contribution >= 0.6 is 0 Å². The molecule has 1 aliphatic carbocycles. The van der Waals surface area contributed by atoms with Crippen molar-refractivity contribution < 1.29 is 17.6 Å². The minimum atomic E-state index is -3.78. The Kier molecular flexibility index (Phi) is 4.23. The number of nitrogens with zero attached hydrogens (tertiary/aromatic N) is 2. The summed E-state index contributed by atoms with van der Waals surface area (Å²) in [5.41, 5.74) is -0.0602. The summed E-state index contributed by atoms with van der Waals surface area (Å²) >= 11 is 0. The van der Waals surface area contributed by atoms with Gasteiger partial charge in [-0.05, 0) is 44.7 Å². The summed E-state index contributed by atoms with van der Waals surface area (Å²) in [6.07, 6.45) is 3.59. The van der Waals surface area contributed by atoms with Gasteiger partial charge in [0.2, 0.25) is 10.0 Å². The van der Waals surface area contributed by atoms with E-state index in [1.165, 1.54) is 28.6 Å². The quantitative estimate of drug-likeness (QED) is 0.872. The van der Waals surface area contributed by atoms with Crippen LogP contribution in [0.4, 0.5) is 9.18 Å². The van der Waals surface area contributed by atoms with Gasteiger partial charge in [0.15, 0.2) is 0 Å². The molecule has 1 aromatic rings. The van der Waals surface area contributed by atoms with Gasteiger partial charge in [-0.1, -0.05) is 12.1 Å². The van der Waals surface area contributed by atoms with Crippen LogP contribution in [0.5, 0.6) is 0 Å². The molecule has 26 heavy (non-hydrogen) atoms. The molecule has 1 atom stereocenters. The number of carbonyl (C=O) groups is 1. The number of rotatable bonds is 3. The smallest absolute Gasteiger partial charge is 0.317 e. The average Bonchev–Trinajstić information content (AvgIpc) is 2.67. The molecule has 142 valence electrons. The molecule has 3 fully saturated rings. The van der Waals surface area contributed by atoms with E-state index in [4.69, 9.17) is 0 Å². The number of halogens is 1. The van der Waals surface area contributed by atoms with Gasteiger partial charge in [0.1, 0.15) is 10.7 Å². The minimum Gasteiger partial charge on any atom is -0.338 e. The van der Waals surface area contributed by atoms with Crippen LogP contribution in [0.1, 0.15) is 32.6 Å². The Hall–Kier alpha value is -1.67. The molecule has 2 saturated heterocycles. The molecule has 1 N–H and O–H groups in total. The molecule has 0 radical (unpaired) electrons. The number of carbonyl (C=O) groups excluding carboxylic acids is 1. The highest BCUT2D eigenvalue weighted by atomic mass is 32.2. The molecule has 6 nitrogen and oxygen atoms in total. The molecule has 3 aliphatic rings. The summed E-state index contributed by atoms with van der Waals surface area (Å²) in [7, 11) is -3.78. The van der Waals surface area contributed by atoms with Crippen molar-refractivity contribution in [3.05, 3.63) is 30.1 Å². The molecule has 2 aliphatic heterocycles. The van der Waals surface area contributed by atoms with Gasteiger partial charge in [-0.2, -0.15) is 4.31 Å². The van der Waals surface area contributed by atoms with Crippen LogP contribution in [0.15, 0.2) is 29.2 Å². The predicted molar refractivity (Wildman–Crippen MR) is 94.5 cm³/mol. The van der Waals surface area contributed by atoms with Gasteiger partial charge in [0.25, 0.3) is 0 Å². The van der Waals surface area contributed by atoms with Crippen molar-refractivity contribution in [1.82, 2.24) is 14.5 Å². The first-order chi connectivity index (χ1) is 12.3. The zero-order valence-corrected chi connectivity index (χ0v) is 15.6. The predicted octanol–water partition coefficient (Wildman–Crippen LogP) is 2.17. The highest BCUT2D eigenvalue weighted by molar-refractivity contribution is 7.89. The largest absolute Gasteiger partial charge is 0.338 e. The topological polar surface area (TPSA) is 69.7 Å². The third-order valence-corrected chi connectivity index (χ3v) is 7.82. The SMILES string of the molecule is CC1CCCNC(=O)N1C1CC2(C1)CN(S(=O)(=O)c1ccccc1F)C2. The molecule has 1 aromatic carbocycles. The number of benzene rings is 1. The Bertz CT molecular complexity index is 815. The summed E-state index contributed by atoms with van der Waals surface area (Å²) in [5.74, 6) is -0.713. The fourth-order valence-electron chi connectivity index (χ4n) is 4.61. The van der Waals surface area contributed by atoms with Crippen molar-refractivity contribution in [3.8, 4) is 0 Å². The first-order valence-corrected chi connectivity index (χ1v) is 10.6. The molecular weight excluding hydrogens is 357 g/mol. The highest BCUT2D eigenvalue weighted by Crippen LogP contribution is 2.52. The number of hydrogen-bond acceptors (Lipinski definition) is 3. The summed E-state index contributed by atoms with van der Waals surface area (Å²) < 4.78 is 40.4. The number of nitrogens with one attached hydrogen (secondary N) is 1. The van der Waals surface area contributed by atoms with Crippen molar-refractivity contribution >= 4 is 16.1 Å². The van der Waals surface area contributed by atoms with Gasteiger partial charge >= 0.3 is 6.03 Å². The second-order valence-corrected chi connectivity index (χ2v) is 9.80. The van der Waals surface area contributed by atoms with Crippen molar-refractivity contribution in [2.75, 3.05) is 19.6 Å². The zero-order chi connectivity index (χ0) is 18.5. The van der Waals surface area contributed by atoms with Crippen LogP contribution in [-0.4, -0.2) is 55.4 Å². The summed E-state index contributed by atoms with van der Waals surface area (Å²) in [4.78, 5) is 14.0. The van der Waals surface area contributed by atoms with Crippen LogP contribution < -0.4 is 5.32 Å². The van der Waals surface area contributed by atoms with E-state index in [1.807, 2.05) is 4.90 Å². The van der Waals surface area contributed by atoms with Gasteiger partial charge in [-0.3, -0.25) is 0 Å². The van der Waals surface area contributed by atoms with Crippen LogP contribution in [0.3, 0.4) is 0 Å². The van der Waals surface area contributed by atoms with E-state index in [1.54, 1.807) is 0 Å². The second kappa shape index (κ2) is 6.20. The van der Waals surface area contributed by atoms with Crippen LogP contribution in [0, 0.1) is 11.2 Å². The lowest BCUT2D eigenvalue weighted by atomic mass is 9.61. The molecule has 4 rings (SSSR count). The number of urea groups is 1. The Morgan fingerprint density at radius 3 is 2.62 bits per heavy atom. The molecule has 1 unspecified atom stereocenters. The van der Waals surface area contributed by atoms with E-state index < -0.39 is 15.8 Å². The van der Waals surface area contributed by atoms with Crippen molar-refractivity contribution in [3.63, 3.8) is 0 Å². The van der Waals surface area contributed by atoms with Crippen LogP contribution in [0.2, 0.25) is 0 Å².